The molecule has 4 rings (SSSR count). The molecule has 1 N–H and O–H groups in total. The highest BCUT2D eigenvalue weighted by Crippen LogP contribution is 2.60. The van der Waals surface area contributed by atoms with E-state index in [4.69, 9.17) is 11.6 Å². The zero-order chi connectivity index (χ0) is 20.7. The maximum Gasteiger partial charge on any atom is 0.233 e. The van der Waals surface area contributed by atoms with E-state index in [1.165, 1.54) is 4.90 Å². The van der Waals surface area contributed by atoms with E-state index >= 15 is 0 Å². The quantitative estimate of drug-likeness (QED) is 0.309. The summed E-state index contributed by atoms with van der Waals surface area (Å²) in [7, 11) is 0. The van der Waals surface area contributed by atoms with Gasteiger partial charge in [0.2, 0.25) is 17.7 Å². The Balaban J connectivity index is 1.22. The standard InChI is InChI=1S/C21H23Br2ClN2O3/c22-18-11-10-12(19(18)23)17-16(11)20(28)26(21(17)29)9-5-1-2-8-15(27)25-14-7-4-3-6-13(14)24/h3-4,6-7,11-12,16-19H,1-2,5,8-10H2,(H,25,27)/t11-,12-,16-,17-,18-,19+/m1/s1. The van der Waals surface area contributed by atoms with Crippen LogP contribution in [-0.4, -0.2) is 38.8 Å². The molecular weight excluding hydrogens is 524 g/mol. The largest absolute Gasteiger partial charge is 0.325 e. The number of halogens is 3. The van der Waals surface area contributed by atoms with Gasteiger partial charge >= 0.3 is 0 Å². The Kier molecular flexibility index (Phi) is 6.38. The Morgan fingerprint density at radius 2 is 1.66 bits per heavy atom. The van der Waals surface area contributed by atoms with E-state index in [0.29, 0.717) is 30.1 Å². The van der Waals surface area contributed by atoms with Crippen LogP contribution in [-0.2, 0) is 14.4 Å². The Labute approximate surface area is 192 Å². The topological polar surface area (TPSA) is 66.5 Å². The van der Waals surface area contributed by atoms with Crippen LogP contribution in [0, 0.1) is 23.7 Å². The number of unbranched alkanes of at least 4 members (excludes halogenated alkanes) is 2. The third kappa shape index (κ3) is 3.90. The first-order valence-electron chi connectivity index (χ1n) is 10.1. The van der Waals surface area contributed by atoms with E-state index in [1.54, 1.807) is 12.1 Å². The molecule has 3 fully saturated rings. The molecule has 0 radical (unpaired) electrons. The third-order valence-electron chi connectivity index (χ3n) is 6.51. The first kappa shape index (κ1) is 21.3. The average Bonchev–Trinajstić information content (AvgIpc) is 3.29. The zero-order valence-electron chi connectivity index (χ0n) is 15.8. The van der Waals surface area contributed by atoms with E-state index < -0.39 is 0 Å². The van der Waals surface area contributed by atoms with Gasteiger partial charge in [-0.1, -0.05) is 62.0 Å². The number of imide groups is 1. The normalized spacial score (nSPS) is 32.7. The van der Waals surface area contributed by atoms with Gasteiger partial charge in [0, 0.05) is 22.6 Å². The minimum atomic E-state index is -0.146. The molecule has 2 bridgehead atoms. The van der Waals surface area contributed by atoms with E-state index in [9.17, 15) is 14.4 Å². The summed E-state index contributed by atoms with van der Waals surface area (Å²) in [4.78, 5) is 39.7. The first-order chi connectivity index (χ1) is 13.9. The minimum absolute atomic E-state index is 0.00723. The Hall–Kier alpha value is -0.920. The number of hydrogen-bond donors (Lipinski definition) is 1. The number of nitrogens with one attached hydrogen (secondary N) is 1. The Morgan fingerprint density at radius 1 is 1.03 bits per heavy atom. The van der Waals surface area contributed by atoms with Crippen molar-refractivity contribution in [3.8, 4) is 0 Å². The van der Waals surface area contributed by atoms with Crippen LogP contribution in [0.3, 0.4) is 0 Å². The van der Waals surface area contributed by atoms with Crippen molar-refractivity contribution in [1.29, 1.82) is 0 Å². The molecule has 6 atom stereocenters. The maximum absolute atomic E-state index is 12.8. The molecule has 1 aromatic rings. The van der Waals surface area contributed by atoms with Gasteiger partial charge in [0.25, 0.3) is 0 Å². The number of nitrogens with zero attached hydrogens (tertiary/aromatic N) is 1. The van der Waals surface area contributed by atoms with Crippen LogP contribution >= 0.6 is 43.5 Å². The summed E-state index contributed by atoms with van der Waals surface area (Å²) < 4.78 is 0. The molecule has 3 amide bonds. The van der Waals surface area contributed by atoms with E-state index in [1.807, 2.05) is 12.1 Å². The zero-order valence-corrected chi connectivity index (χ0v) is 19.7. The SMILES string of the molecule is O=C(CCCCCN1C(=O)[C@@H]2[C@H]3C[C@@H]([C@@H](Br)[C@H]3Br)[C@H]2C1=O)Nc1ccccc1Cl. The van der Waals surface area contributed by atoms with Crippen molar-refractivity contribution in [3.63, 3.8) is 0 Å². The van der Waals surface area contributed by atoms with Crippen LogP contribution in [0.5, 0.6) is 0 Å². The van der Waals surface area contributed by atoms with E-state index in [2.05, 4.69) is 37.2 Å². The number of anilines is 1. The van der Waals surface area contributed by atoms with Crippen LogP contribution in [0.4, 0.5) is 5.69 Å². The second-order valence-electron chi connectivity index (χ2n) is 8.17. The molecule has 29 heavy (non-hydrogen) atoms. The monoisotopic (exact) mass is 544 g/mol. The number of rotatable bonds is 7. The molecule has 3 aliphatic rings. The molecule has 1 saturated heterocycles. The predicted molar refractivity (Wildman–Crippen MR) is 119 cm³/mol. The van der Waals surface area contributed by atoms with Gasteiger partial charge in [-0.15, -0.1) is 0 Å². The maximum atomic E-state index is 12.8. The van der Waals surface area contributed by atoms with Crippen LogP contribution in [0.1, 0.15) is 32.1 Å². The Morgan fingerprint density at radius 3 is 2.28 bits per heavy atom. The molecule has 2 saturated carbocycles. The lowest BCUT2D eigenvalue weighted by molar-refractivity contribution is -0.140. The van der Waals surface area contributed by atoms with Crippen molar-refractivity contribution in [2.24, 2.45) is 23.7 Å². The number of amides is 3. The van der Waals surface area contributed by atoms with Crippen molar-refractivity contribution < 1.29 is 14.4 Å². The third-order valence-corrected chi connectivity index (χ3v) is 10.0. The van der Waals surface area contributed by atoms with E-state index in [-0.39, 0.29) is 51.0 Å². The Bertz CT molecular complexity index is 804. The van der Waals surface area contributed by atoms with Crippen LogP contribution in [0.25, 0.3) is 0 Å². The van der Waals surface area contributed by atoms with Crippen LogP contribution in [0.15, 0.2) is 24.3 Å². The summed E-state index contributed by atoms with van der Waals surface area (Å²) in [5.41, 5.74) is 0.615. The lowest BCUT2D eigenvalue weighted by Crippen LogP contribution is -2.37. The number of carbonyl (C=O) groups excluding carboxylic acids is 3. The molecular formula is C21H23Br2ClN2O3. The van der Waals surface area contributed by atoms with Crippen molar-refractivity contribution in [1.82, 2.24) is 4.90 Å². The van der Waals surface area contributed by atoms with Gasteiger partial charge in [-0.05, 0) is 43.2 Å². The van der Waals surface area contributed by atoms with Gasteiger partial charge in [-0.25, -0.2) is 0 Å². The predicted octanol–water partition coefficient (Wildman–Crippen LogP) is 4.62. The fourth-order valence-electron chi connectivity index (χ4n) is 5.14. The highest BCUT2D eigenvalue weighted by atomic mass is 79.9. The number of fused-ring (bicyclic) bond motifs is 5. The summed E-state index contributed by atoms with van der Waals surface area (Å²) in [6.45, 7) is 0.455. The second kappa shape index (κ2) is 8.67. The highest BCUT2D eigenvalue weighted by molar-refractivity contribution is 9.12. The van der Waals surface area contributed by atoms with Gasteiger partial charge < -0.3 is 5.32 Å². The summed E-state index contributed by atoms with van der Waals surface area (Å²) >= 11 is 13.5. The number of carbonyl (C=O) groups is 3. The molecule has 156 valence electrons. The lowest BCUT2D eigenvalue weighted by Gasteiger charge is -2.28. The molecule has 1 heterocycles. The fraction of sp³-hybridized carbons (Fsp3) is 0.571. The number of para-hydroxylation sites is 1. The summed E-state index contributed by atoms with van der Waals surface area (Å²) in [6.07, 6.45) is 3.56. The van der Waals surface area contributed by atoms with Gasteiger partial charge in [-0.2, -0.15) is 0 Å². The van der Waals surface area contributed by atoms with Crippen LogP contribution < -0.4 is 5.32 Å². The highest BCUT2D eigenvalue weighted by Gasteiger charge is 2.66. The number of hydrogen-bond acceptors (Lipinski definition) is 3. The van der Waals surface area contributed by atoms with Crippen LogP contribution in [0.2, 0.25) is 5.02 Å². The molecule has 8 heteroatoms. The molecule has 5 nitrogen and oxygen atoms in total. The van der Waals surface area contributed by atoms with Crippen molar-refractivity contribution in [2.45, 2.75) is 41.8 Å². The fourth-order valence-corrected chi connectivity index (χ4v) is 7.19. The summed E-state index contributed by atoms with van der Waals surface area (Å²) in [5, 5.41) is 3.33. The van der Waals surface area contributed by atoms with E-state index in [0.717, 1.165) is 19.3 Å². The van der Waals surface area contributed by atoms with Crippen molar-refractivity contribution in [2.75, 3.05) is 11.9 Å². The van der Waals surface area contributed by atoms with Gasteiger partial charge in [-0.3, -0.25) is 19.3 Å². The molecule has 0 unspecified atom stereocenters. The summed E-state index contributed by atoms with van der Waals surface area (Å²) in [6, 6.07) is 7.14. The molecule has 0 spiro atoms. The molecule has 2 aliphatic carbocycles. The smallest absolute Gasteiger partial charge is 0.233 e. The van der Waals surface area contributed by atoms with Gasteiger partial charge in [0.05, 0.1) is 22.5 Å². The van der Waals surface area contributed by atoms with Gasteiger partial charge in [0.1, 0.15) is 0 Å². The van der Waals surface area contributed by atoms with Crippen molar-refractivity contribution in [3.05, 3.63) is 29.3 Å². The van der Waals surface area contributed by atoms with Crippen molar-refractivity contribution >= 4 is 66.9 Å². The summed E-state index contributed by atoms with van der Waals surface area (Å²) in [5.74, 6) is 0.151. The minimum Gasteiger partial charge on any atom is -0.325 e. The molecule has 0 aromatic heterocycles. The lowest BCUT2D eigenvalue weighted by atomic mass is 9.81. The second-order valence-corrected chi connectivity index (χ2v) is 10.7. The number of likely N-dealkylation sites (tertiary alicyclic amines) is 1. The number of alkyl halides is 2. The van der Waals surface area contributed by atoms with Gasteiger partial charge in [0.15, 0.2) is 0 Å². The molecule has 1 aliphatic heterocycles. The number of benzene rings is 1. The molecule has 1 aromatic carbocycles. The average molecular weight is 547 g/mol. The first-order valence-corrected chi connectivity index (χ1v) is 12.3.